The molecule has 0 saturated carbocycles. The van der Waals surface area contributed by atoms with Gasteiger partial charge in [0.05, 0.1) is 14.2 Å². The van der Waals surface area contributed by atoms with Crippen molar-refractivity contribution in [2.45, 2.75) is 6.23 Å². The number of methoxy groups -OCH3 is 3. The third-order valence-electron chi connectivity index (χ3n) is 3.04. The number of ether oxygens (including phenoxy) is 3. The fourth-order valence-electron chi connectivity index (χ4n) is 2.04. The molecule has 0 aliphatic carbocycles. The number of nitrogens with one attached hydrogen (secondary N) is 1. The van der Waals surface area contributed by atoms with Gasteiger partial charge in [-0.25, -0.2) is 4.79 Å². The van der Waals surface area contributed by atoms with Crippen molar-refractivity contribution in [3.05, 3.63) is 36.4 Å². The predicted octanol–water partition coefficient (Wildman–Crippen LogP) is 2.41. The highest BCUT2D eigenvalue weighted by atomic mass is 16.6. The van der Waals surface area contributed by atoms with Crippen LogP contribution in [0.4, 0.5) is 5.69 Å². The van der Waals surface area contributed by atoms with Gasteiger partial charge in [-0.15, -0.1) is 0 Å². The van der Waals surface area contributed by atoms with Gasteiger partial charge in [0.25, 0.3) is 0 Å². The van der Waals surface area contributed by atoms with E-state index >= 15 is 0 Å². The average Bonchev–Trinajstić information content (AvgIpc) is 2.51. The molecule has 5 heteroatoms. The van der Waals surface area contributed by atoms with Crippen LogP contribution in [0, 0.1) is 0 Å². The highest BCUT2D eigenvalue weighted by Gasteiger charge is 2.19. The molecular weight excluding hydrogens is 258 g/mol. The molecule has 0 spiro atoms. The second kappa shape index (κ2) is 6.25. The van der Waals surface area contributed by atoms with E-state index in [1.165, 1.54) is 14.2 Å². The molecule has 2 aromatic carbocycles. The predicted molar refractivity (Wildman–Crippen MR) is 76.9 cm³/mol. The van der Waals surface area contributed by atoms with Crippen LogP contribution >= 0.6 is 0 Å². The number of hydrogen-bond donors (Lipinski definition) is 1. The third kappa shape index (κ3) is 2.67. The van der Waals surface area contributed by atoms with Crippen LogP contribution in [0.2, 0.25) is 0 Å². The summed E-state index contributed by atoms with van der Waals surface area (Å²) in [6, 6.07) is 11.4. The number of rotatable bonds is 5. The Hall–Kier alpha value is -2.27. The molecular formula is C15H17NO4. The monoisotopic (exact) mass is 275 g/mol. The summed E-state index contributed by atoms with van der Waals surface area (Å²) in [5, 5.41) is 4.92. The maximum atomic E-state index is 11.6. The van der Waals surface area contributed by atoms with Crippen molar-refractivity contribution in [1.29, 1.82) is 0 Å². The summed E-state index contributed by atoms with van der Waals surface area (Å²) in [4.78, 5) is 11.6. The van der Waals surface area contributed by atoms with Gasteiger partial charge in [-0.1, -0.05) is 24.3 Å². The first kappa shape index (κ1) is 14.1. The molecule has 1 N–H and O–H groups in total. The summed E-state index contributed by atoms with van der Waals surface area (Å²) < 4.78 is 15.1. The Morgan fingerprint density at radius 1 is 1.05 bits per heavy atom. The Labute approximate surface area is 117 Å². The zero-order chi connectivity index (χ0) is 14.5. The Kier molecular flexibility index (Phi) is 4.42. The average molecular weight is 275 g/mol. The van der Waals surface area contributed by atoms with Gasteiger partial charge in [0.2, 0.25) is 6.23 Å². The standard InChI is InChI=1S/C15H17NO4/c1-18-13-9-8-12(10-6-4-5-7-11(10)13)16-14(19-2)15(17)20-3/h4-9,14,16H,1-3H3/t14-/m0/s1. The van der Waals surface area contributed by atoms with Crippen molar-refractivity contribution >= 4 is 22.4 Å². The first-order valence-corrected chi connectivity index (χ1v) is 6.14. The Morgan fingerprint density at radius 3 is 2.35 bits per heavy atom. The molecule has 0 aliphatic rings. The van der Waals surface area contributed by atoms with Crippen LogP contribution in [0.5, 0.6) is 5.75 Å². The third-order valence-corrected chi connectivity index (χ3v) is 3.04. The molecule has 0 unspecified atom stereocenters. The quantitative estimate of drug-likeness (QED) is 0.671. The first-order valence-electron chi connectivity index (χ1n) is 6.14. The molecule has 0 heterocycles. The first-order chi connectivity index (χ1) is 9.71. The van der Waals surface area contributed by atoms with Gasteiger partial charge < -0.3 is 19.5 Å². The number of carbonyl (C=O) groups excluding carboxylic acids is 1. The van der Waals surface area contributed by atoms with E-state index in [9.17, 15) is 4.79 Å². The lowest BCUT2D eigenvalue weighted by molar-refractivity contribution is -0.150. The smallest absolute Gasteiger partial charge is 0.356 e. The molecule has 0 radical (unpaired) electrons. The van der Waals surface area contributed by atoms with Crippen molar-refractivity contribution in [3.63, 3.8) is 0 Å². The van der Waals surface area contributed by atoms with Crippen LogP contribution in [0.15, 0.2) is 36.4 Å². The number of hydrogen-bond acceptors (Lipinski definition) is 5. The van der Waals surface area contributed by atoms with E-state index in [2.05, 4.69) is 10.1 Å². The fourth-order valence-corrected chi connectivity index (χ4v) is 2.04. The van der Waals surface area contributed by atoms with Crippen LogP contribution in [0.3, 0.4) is 0 Å². The van der Waals surface area contributed by atoms with Gasteiger partial charge >= 0.3 is 5.97 Å². The second-order valence-electron chi connectivity index (χ2n) is 4.14. The number of benzene rings is 2. The van der Waals surface area contributed by atoms with Crippen molar-refractivity contribution in [2.75, 3.05) is 26.6 Å². The largest absolute Gasteiger partial charge is 0.496 e. The maximum Gasteiger partial charge on any atom is 0.356 e. The van der Waals surface area contributed by atoms with E-state index in [0.717, 1.165) is 22.2 Å². The van der Waals surface area contributed by atoms with E-state index in [-0.39, 0.29) is 0 Å². The summed E-state index contributed by atoms with van der Waals surface area (Å²) in [6.07, 6.45) is -0.850. The topological polar surface area (TPSA) is 56.8 Å². The molecule has 106 valence electrons. The van der Waals surface area contributed by atoms with Gasteiger partial charge in [0.1, 0.15) is 5.75 Å². The molecule has 0 fully saturated rings. The van der Waals surface area contributed by atoms with Crippen LogP contribution in [0.25, 0.3) is 10.8 Å². The summed E-state index contributed by atoms with van der Waals surface area (Å²) in [6.45, 7) is 0. The van der Waals surface area contributed by atoms with Gasteiger partial charge in [-0.2, -0.15) is 0 Å². The highest BCUT2D eigenvalue weighted by Crippen LogP contribution is 2.31. The van der Waals surface area contributed by atoms with Crippen LogP contribution in [-0.4, -0.2) is 33.5 Å². The van der Waals surface area contributed by atoms with Crippen molar-refractivity contribution in [3.8, 4) is 5.75 Å². The minimum atomic E-state index is -0.850. The van der Waals surface area contributed by atoms with E-state index in [0.29, 0.717) is 0 Å². The molecule has 0 aromatic heterocycles. The van der Waals surface area contributed by atoms with Crippen LogP contribution in [-0.2, 0) is 14.3 Å². The highest BCUT2D eigenvalue weighted by molar-refractivity contribution is 5.98. The van der Waals surface area contributed by atoms with Gasteiger partial charge in [0.15, 0.2) is 0 Å². The summed E-state index contributed by atoms with van der Waals surface area (Å²) in [5.41, 5.74) is 0.777. The zero-order valence-corrected chi connectivity index (χ0v) is 11.7. The fraction of sp³-hybridized carbons (Fsp3) is 0.267. The van der Waals surface area contributed by atoms with E-state index in [4.69, 9.17) is 9.47 Å². The lowest BCUT2D eigenvalue weighted by Crippen LogP contribution is -2.32. The van der Waals surface area contributed by atoms with Gasteiger partial charge in [-0.3, -0.25) is 0 Å². The number of fused-ring (bicyclic) bond motifs is 1. The molecule has 2 rings (SSSR count). The lowest BCUT2D eigenvalue weighted by Gasteiger charge is -2.18. The molecule has 0 bridgehead atoms. The minimum Gasteiger partial charge on any atom is -0.496 e. The molecule has 1 atom stereocenters. The summed E-state index contributed by atoms with van der Waals surface area (Å²) in [7, 11) is 4.39. The minimum absolute atomic E-state index is 0.479. The Balaban J connectivity index is 2.42. The second-order valence-corrected chi connectivity index (χ2v) is 4.14. The Morgan fingerprint density at radius 2 is 1.75 bits per heavy atom. The normalized spacial score (nSPS) is 11.9. The molecule has 2 aromatic rings. The molecule has 20 heavy (non-hydrogen) atoms. The maximum absolute atomic E-state index is 11.6. The summed E-state index contributed by atoms with van der Waals surface area (Å²) in [5.74, 6) is 0.297. The summed E-state index contributed by atoms with van der Waals surface area (Å²) >= 11 is 0. The number of carbonyl (C=O) groups is 1. The molecule has 0 saturated heterocycles. The van der Waals surface area contributed by atoms with Gasteiger partial charge in [-0.05, 0) is 12.1 Å². The van der Waals surface area contributed by atoms with E-state index in [1.807, 2.05) is 36.4 Å². The SMILES string of the molecule is COC(=O)[C@@H](Nc1ccc(OC)c2ccccc12)OC. The molecule has 0 aliphatic heterocycles. The van der Waals surface area contributed by atoms with Crippen molar-refractivity contribution in [2.24, 2.45) is 0 Å². The van der Waals surface area contributed by atoms with Crippen LogP contribution in [0.1, 0.15) is 0 Å². The lowest BCUT2D eigenvalue weighted by atomic mass is 10.1. The molecule has 0 amide bonds. The van der Waals surface area contributed by atoms with Crippen molar-refractivity contribution < 1.29 is 19.0 Å². The Bertz CT molecular complexity index is 612. The number of anilines is 1. The zero-order valence-electron chi connectivity index (χ0n) is 11.7. The van der Waals surface area contributed by atoms with E-state index in [1.54, 1.807) is 7.11 Å². The number of esters is 1. The van der Waals surface area contributed by atoms with E-state index < -0.39 is 12.2 Å². The van der Waals surface area contributed by atoms with Crippen LogP contribution < -0.4 is 10.1 Å². The van der Waals surface area contributed by atoms with Gasteiger partial charge in [0, 0.05) is 23.6 Å². The molecule has 5 nitrogen and oxygen atoms in total. The van der Waals surface area contributed by atoms with Crippen molar-refractivity contribution in [1.82, 2.24) is 0 Å².